The number of carboxylic acids is 1. The number of carboxylic acid groups (broad SMARTS) is 1. The molecule has 0 saturated carbocycles. The van der Waals surface area contributed by atoms with Gasteiger partial charge in [0.2, 0.25) is 0 Å². The van der Waals surface area contributed by atoms with E-state index in [1.165, 1.54) is 0 Å². The zero-order chi connectivity index (χ0) is 13.5. The predicted molar refractivity (Wildman–Crippen MR) is 74.7 cm³/mol. The van der Waals surface area contributed by atoms with Gasteiger partial charge in [-0.1, -0.05) is 12.1 Å². The molecule has 1 unspecified atom stereocenters. The van der Waals surface area contributed by atoms with Gasteiger partial charge in [0, 0.05) is 30.5 Å². The summed E-state index contributed by atoms with van der Waals surface area (Å²) in [6.45, 7) is 1.31. The van der Waals surface area contributed by atoms with Crippen molar-refractivity contribution in [2.75, 3.05) is 29.7 Å². The molecule has 0 aliphatic heterocycles. The molecule has 0 bridgehead atoms. The monoisotopic (exact) mass is 290 g/mol. The molecule has 0 amide bonds. The number of hydrogen-bond acceptors (Lipinski definition) is 3. The van der Waals surface area contributed by atoms with E-state index in [1.807, 2.05) is 11.0 Å². The van der Waals surface area contributed by atoms with E-state index >= 15 is 0 Å². The van der Waals surface area contributed by atoms with Crippen molar-refractivity contribution in [3.05, 3.63) is 29.8 Å². The Balaban J connectivity index is 2.94. The van der Waals surface area contributed by atoms with E-state index < -0.39 is 12.0 Å². The number of hydrogen-bond donors (Lipinski definition) is 2. The third-order valence-corrected chi connectivity index (χ3v) is 2.91. The van der Waals surface area contributed by atoms with Crippen molar-refractivity contribution in [1.82, 2.24) is 0 Å². The number of aliphatic carboxylic acids is 1. The normalized spacial score (nSPS) is 12.2. The number of carbonyl (C=O) groups is 1. The first-order chi connectivity index (χ1) is 8.60. The van der Waals surface area contributed by atoms with E-state index in [0.717, 1.165) is 5.69 Å². The summed E-state index contributed by atoms with van der Waals surface area (Å²) in [5.41, 5.74) is 7.03. The highest BCUT2D eigenvalue weighted by molar-refractivity contribution is 6.18. The second-order valence-electron chi connectivity index (χ2n) is 3.78. The van der Waals surface area contributed by atoms with Crippen molar-refractivity contribution in [2.45, 2.75) is 6.04 Å². The largest absolute Gasteiger partial charge is 0.480 e. The molecule has 0 spiro atoms. The molecule has 0 aliphatic carbocycles. The van der Waals surface area contributed by atoms with Gasteiger partial charge in [-0.05, 0) is 17.7 Å². The maximum absolute atomic E-state index is 10.9. The van der Waals surface area contributed by atoms with Crippen LogP contribution in [0.3, 0.4) is 0 Å². The number of nitrogens with two attached hydrogens (primary N) is 1. The second-order valence-corrected chi connectivity index (χ2v) is 4.53. The van der Waals surface area contributed by atoms with Crippen LogP contribution < -0.4 is 10.6 Å². The van der Waals surface area contributed by atoms with Crippen LogP contribution in [-0.4, -0.2) is 35.9 Å². The summed E-state index contributed by atoms with van der Waals surface area (Å²) in [6.07, 6.45) is 0. The van der Waals surface area contributed by atoms with Gasteiger partial charge in [-0.25, -0.2) is 0 Å². The molecule has 1 atom stereocenters. The summed E-state index contributed by atoms with van der Waals surface area (Å²) in [4.78, 5) is 12.8. The minimum Gasteiger partial charge on any atom is -0.480 e. The van der Waals surface area contributed by atoms with Crippen LogP contribution in [0.2, 0.25) is 0 Å². The highest BCUT2D eigenvalue weighted by Crippen LogP contribution is 2.20. The van der Waals surface area contributed by atoms with E-state index in [1.54, 1.807) is 18.2 Å². The minimum absolute atomic E-state index is 0.478. The van der Waals surface area contributed by atoms with Crippen molar-refractivity contribution in [1.29, 1.82) is 0 Å². The molecule has 6 heteroatoms. The lowest BCUT2D eigenvalue weighted by atomic mass is 10.1. The maximum Gasteiger partial charge on any atom is 0.325 e. The molecule has 0 saturated heterocycles. The summed E-state index contributed by atoms with van der Waals surface area (Å²) >= 11 is 11.5. The summed E-state index contributed by atoms with van der Waals surface area (Å²) in [5.74, 6) is -0.0912. The fourth-order valence-corrected chi connectivity index (χ4v) is 2.04. The number of halogens is 2. The average Bonchev–Trinajstić information content (AvgIpc) is 2.37. The fraction of sp³-hybridized carbons (Fsp3) is 0.417. The predicted octanol–water partition coefficient (Wildman–Crippen LogP) is 2.05. The summed E-state index contributed by atoms with van der Waals surface area (Å²) < 4.78 is 0. The summed E-state index contributed by atoms with van der Waals surface area (Å²) in [5, 5.41) is 8.89. The van der Waals surface area contributed by atoms with Crippen molar-refractivity contribution in [3.8, 4) is 0 Å². The van der Waals surface area contributed by atoms with Crippen LogP contribution >= 0.6 is 23.2 Å². The highest BCUT2D eigenvalue weighted by atomic mass is 35.5. The van der Waals surface area contributed by atoms with Crippen molar-refractivity contribution >= 4 is 34.9 Å². The zero-order valence-electron chi connectivity index (χ0n) is 9.85. The van der Waals surface area contributed by atoms with E-state index in [0.29, 0.717) is 30.4 Å². The molecule has 1 aromatic rings. The Morgan fingerprint density at radius 1 is 1.33 bits per heavy atom. The fourth-order valence-electron chi connectivity index (χ4n) is 1.63. The van der Waals surface area contributed by atoms with Crippen LogP contribution in [0.1, 0.15) is 11.6 Å². The quantitative estimate of drug-likeness (QED) is 0.755. The van der Waals surface area contributed by atoms with Crippen molar-refractivity contribution in [3.63, 3.8) is 0 Å². The first-order valence-corrected chi connectivity index (χ1v) is 6.62. The van der Waals surface area contributed by atoms with Gasteiger partial charge in [0.1, 0.15) is 6.04 Å². The van der Waals surface area contributed by atoms with Gasteiger partial charge in [-0.3, -0.25) is 4.79 Å². The molecule has 0 heterocycles. The van der Waals surface area contributed by atoms with Gasteiger partial charge in [0.05, 0.1) is 0 Å². The third-order valence-electron chi connectivity index (χ3n) is 2.57. The lowest BCUT2D eigenvalue weighted by Crippen LogP contribution is -2.28. The molecule has 1 aromatic carbocycles. The lowest BCUT2D eigenvalue weighted by molar-refractivity contribution is -0.138. The molecule has 0 fully saturated rings. The smallest absolute Gasteiger partial charge is 0.325 e. The van der Waals surface area contributed by atoms with Gasteiger partial charge >= 0.3 is 5.97 Å². The van der Waals surface area contributed by atoms with Crippen LogP contribution in [0.5, 0.6) is 0 Å². The average molecular weight is 291 g/mol. The zero-order valence-corrected chi connectivity index (χ0v) is 11.4. The van der Waals surface area contributed by atoms with Crippen LogP contribution in [0, 0.1) is 0 Å². The van der Waals surface area contributed by atoms with Gasteiger partial charge in [-0.15, -0.1) is 23.2 Å². The van der Waals surface area contributed by atoms with Crippen LogP contribution in [0.25, 0.3) is 0 Å². The second kappa shape index (κ2) is 7.46. The van der Waals surface area contributed by atoms with Crippen LogP contribution in [0.4, 0.5) is 5.69 Å². The number of alkyl halides is 2. The van der Waals surface area contributed by atoms with Gasteiger partial charge in [-0.2, -0.15) is 0 Å². The number of benzene rings is 1. The maximum atomic E-state index is 10.9. The van der Waals surface area contributed by atoms with E-state index in [2.05, 4.69) is 0 Å². The topological polar surface area (TPSA) is 66.6 Å². The molecule has 100 valence electrons. The first-order valence-electron chi connectivity index (χ1n) is 5.55. The van der Waals surface area contributed by atoms with Gasteiger partial charge in [0.25, 0.3) is 0 Å². The van der Waals surface area contributed by atoms with E-state index in [4.69, 9.17) is 34.0 Å². The molecular weight excluding hydrogens is 275 g/mol. The minimum atomic E-state index is -1.05. The Bertz CT molecular complexity index is 395. The van der Waals surface area contributed by atoms with Crippen LogP contribution in [-0.2, 0) is 4.79 Å². The Morgan fingerprint density at radius 2 is 1.94 bits per heavy atom. The molecule has 18 heavy (non-hydrogen) atoms. The summed E-state index contributed by atoms with van der Waals surface area (Å²) in [6, 6.07) is 6.11. The highest BCUT2D eigenvalue weighted by Gasteiger charge is 2.15. The lowest BCUT2D eigenvalue weighted by Gasteiger charge is -2.23. The van der Waals surface area contributed by atoms with E-state index in [-0.39, 0.29) is 0 Å². The molecule has 0 radical (unpaired) electrons. The molecule has 4 nitrogen and oxygen atoms in total. The number of rotatable bonds is 7. The number of nitrogens with zero attached hydrogens (tertiary/aromatic N) is 1. The molecule has 0 aromatic heterocycles. The van der Waals surface area contributed by atoms with Gasteiger partial charge in [0.15, 0.2) is 0 Å². The molecular formula is C12H16Cl2N2O2. The van der Waals surface area contributed by atoms with Crippen LogP contribution in [0.15, 0.2) is 24.3 Å². The Kier molecular flexibility index (Phi) is 6.25. The van der Waals surface area contributed by atoms with Gasteiger partial charge < -0.3 is 15.7 Å². The first kappa shape index (κ1) is 15.1. The Morgan fingerprint density at radius 3 is 2.44 bits per heavy atom. The molecule has 3 N–H and O–H groups in total. The summed E-state index contributed by atoms with van der Waals surface area (Å²) in [7, 11) is 0. The van der Waals surface area contributed by atoms with Crippen molar-refractivity contribution in [2.24, 2.45) is 5.73 Å². The molecule has 1 rings (SSSR count). The standard InChI is InChI=1S/C12H16Cl2N2O2/c13-4-6-16(7-5-14)10-3-1-2-9(8-10)11(15)12(17)18/h1-3,8,11H,4-7,15H2,(H,17,18). The molecule has 0 aliphatic rings. The Hall–Kier alpha value is -0.970. The van der Waals surface area contributed by atoms with E-state index in [9.17, 15) is 4.79 Å². The number of anilines is 1. The van der Waals surface area contributed by atoms with Crippen molar-refractivity contribution < 1.29 is 9.90 Å². The Labute approximate surface area is 116 Å². The SMILES string of the molecule is NC(C(=O)O)c1cccc(N(CCCl)CCCl)c1. The third kappa shape index (κ3) is 4.05.